The van der Waals surface area contributed by atoms with E-state index >= 15 is 0 Å². The minimum absolute atomic E-state index is 0.407. The summed E-state index contributed by atoms with van der Waals surface area (Å²) in [6, 6.07) is 18.8. The first-order valence-electron chi connectivity index (χ1n) is 7.08. The molecule has 2 nitrogen and oxygen atoms in total. The van der Waals surface area contributed by atoms with Crippen LogP contribution in [0.5, 0.6) is 0 Å². The summed E-state index contributed by atoms with van der Waals surface area (Å²) in [7, 11) is 0. The van der Waals surface area contributed by atoms with Gasteiger partial charge in [-0.15, -0.1) is 0 Å². The van der Waals surface area contributed by atoms with Crippen LogP contribution in [0.4, 0.5) is 5.69 Å². The smallest absolute Gasteiger partial charge is 0.0637 e. The molecule has 0 heterocycles. The third-order valence-corrected chi connectivity index (χ3v) is 3.64. The predicted octanol–water partition coefficient (Wildman–Crippen LogP) is 4.49. The van der Waals surface area contributed by atoms with E-state index in [2.05, 4.69) is 47.9 Å². The van der Waals surface area contributed by atoms with E-state index in [9.17, 15) is 0 Å². The maximum atomic E-state index is 6.11. The van der Waals surface area contributed by atoms with E-state index in [0.717, 1.165) is 30.2 Å². The number of rotatable bonds is 7. The number of benzene rings is 2. The van der Waals surface area contributed by atoms with Gasteiger partial charge in [0.1, 0.15) is 0 Å². The number of hydrogen-bond donors (Lipinski definition) is 2. The Labute approximate surface area is 126 Å². The summed E-state index contributed by atoms with van der Waals surface area (Å²) < 4.78 is 0. The molecule has 2 rings (SSSR count). The monoisotopic (exact) mass is 288 g/mol. The fraction of sp³-hybridized carbons (Fsp3) is 0.294. The largest absolute Gasteiger partial charge is 0.383 e. The zero-order valence-corrected chi connectivity index (χ0v) is 12.5. The Balaban J connectivity index is 1.79. The molecular weight excluding hydrogens is 268 g/mol. The van der Waals surface area contributed by atoms with Gasteiger partial charge in [0, 0.05) is 19.1 Å². The maximum Gasteiger partial charge on any atom is 0.0637 e. The standard InChI is InChI=1S/C17H21ClN2/c1-2-16(14-8-4-3-5-9-14)19-12-13-20-17-11-7-6-10-15(17)18/h3-11,16,19-20H,2,12-13H2,1H3. The molecule has 106 valence electrons. The Morgan fingerprint density at radius 1 is 0.950 bits per heavy atom. The van der Waals surface area contributed by atoms with Crippen molar-refractivity contribution in [2.24, 2.45) is 0 Å². The van der Waals surface area contributed by atoms with Crippen LogP contribution in [0.1, 0.15) is 24.9 Å². The van der Waals surface area contributed by atoms with Crippen LogP contribution in [0.2, 0.25) is 5.02 Å². The van der Waals surface area contributed by atoms with Crippen LogP contribution in [0, 0.1) is 0 Å². The van der Waals surface area contributed by atoms with E-state index in [-0.39, 0.29) is 0 Å². The minimum atomic E-state index is 0.407. The third-order valence-electron chi connectivity index (χ3n) is 3.32. The van der Waals surface area contributed by atoms with E-state index in [1.165, 1.54) is 5.56 Å². The third kappa shape index (κ3) is 4.26. The van der Waals surface area contributed by atoms with Gasteiger partial charge in [-0.25, -0.2) is 0 Å². The second-order valence-electron chi connectivity index (χ2n) is 4.73. The molecule has 1 unspecified atom stereocenters. The van der Waals surface area contributed by atoms with E-state index in [4.69, 9.17) is 11.6 Å². The Kier molecular flexibility index (Phi) is 5.90. The van der Waals surface area contributed by atoms with Crippen molar-refractivity contribution in [3.8, 4) is 0 Å². The molecule has 0 amide bonds. The summed E-state index contributed by atoms with van der Waals surface area (Å²) in [5, 5.41) is 7.69. The molecule has 0 aliphatic carbocycles. The topological polar surface area (TPSA) is 24.1 Å². The molecule has 20 heavy (non-hydrogen) atoms. The number of nitrogens with one attached hydrogen (secondary N) is 2. The molecule has 1 atom stereocenters. The SMILES string of the molecule is CCC(NCCNc1ccccc1Cl)c1ccccc1. The van der Waals surface area contributed by atoms with Crippen molar-refractivity contribution in [3.63, 3.8) is 0 Å². The molecule has 2 aromatic carbocycles. The van der Waals surface area contributed by atoms with Crippen molar-refractivity contribution in [1.82, 2.24) is 5.32 Å². The summed E-state index contributed by atoms with van der Waals surface area (Å²) in [5.74, 6) is 0. The Morgan fingerprint density at radius 2 is 1.65 bits per heavy atom. The zero-order chi connectivity index (χ0) is 14.2. The second kappa shape index (κ2) is 7.93. The molecule has 0 saturated heterocycles. The van der Waals surface area contributed by atoms with Crippen molar-refractivity contribution in [2.45, 2.75) is 19.4 Å². The van der Waals surface area contributed by atoms with E-state index in [1.54, 1.807) is 0 Å². The van der Waals surface area contributed by atoms with Crippen LogP contribution < -0.4 is 10.6 Å². The molecule has 3 heteroatoms. The summed E-state index contributed by atoms with van der Waals surface area (Å²) in [4.78, 5) is 0. The van der Waals surface area contributed by atoms with Gasteiger partial charge >= 0.3 is 0 Å². The molecular formula is C17H21ClN2. The molecule has 0 spiro atoms. The van der Waals surface area contributed by atoms with Crippen molar-refractivity contribution in [1.29, 1.82) is 0 Å². The van der Waals surface area contributed by atoms with Crippen molar-refractivity contribution in [2.75, 3.05) is 18.4 Å². The van der Waals surface area contributed by atoms with Gasteiger partial charge in [0.05, 0.1) is 10.7 Å². The molecule has 2 N–H and O–H groups in total. The lowest BCUT2D eigenvalue weighted by molar-refractivity contribution is 0.531. The fourth-order valence-corrected chi connectivity index (χ4v) is 2.43. The first-order valence-corrected chi connectivity index (χ1v) is 7.45. The Hall–Kier alpha value is -1.51. The molecule has 0 aliphatic heterocycles. The predicted molar refractivity (Wildman–Crippen MR) is 87.4 cm³/mol. The summed E-state index contributed by atoms with van der Waals surface area (Å²) in [6.45, 7) is 3.96. The normalized spacial score (nSPS) is 12.1. The maximum absolute atomic E-state index is 6.11. The van der Waals surface area contributed by atoms with Crippen molar-refractivity contribution < 1.29 is 0 Å². The lowest BCUT2D eigenvalue weighted by Crippen LogP contribution is -2.26. The lowest BCUT2D eigenvalue weighted by Gasteiger charge is -2.18. The van der Waals surface area contributed by atoms with Crippen LogP contribution in [-0.2, 0) is 0 Å². The Morgan fingerprint density at radius 3 is 2.35 bits per heavy atom. The van der Waals surface area contributed by atoms with E-state index in [0.29, 0.717) is 6.04 Å². The van der Waals surface area contributed by atoms with Gasteiger partial charge in [0.15, 0.2) is 0 Å². The molecule has 0 bridgehead atoms. The highest BCUT2D eigenvalue weighted by Gasteiger charge is 2.07. The van der Waals surface area contributed by atoms with Gasteiger partial charge in [0.2, 0.25) is 0 Å². The van der Waals surface area contributed by atoms with Gasteiger partial charge in [0.25, 0.3) is 0 Å². The summed E-state index contributed by atoms with van der Waals surface area (Å²) >= 11 is 6.11. The van der Waals surface area contributed by atoms with Gasteiger partial charge in [-0.3, -0.25) is 0 Å². The van der Waals surface area contributed by atoms with Crippen LogP contribution in [-0.4, -0.2) is 13.1 Å². The van der Waals surface area contributed by atoms with Crippen molar-refractivity contribution >= 4 is 17.3 Å². The molecule has 0 aliphatic rings. The van der Waals surface area contributed by atoms with E-state index < -0.39 is 0 Å². The highest BCUT2D eigenvalue weighted by Crippen LogP contribution is 2.20. The quantitative estimate of drug-likeness (QED) is 0.734. The van der Waals surface area contributed by atoms with Crippen LogP contribution >= 0.6 is 11.6 Å². The van der Waals surface area contributed by atoms with Crippen LogP contribution in [0.25, 0.3) is 0 Å². The molecule has 0 radical (unpaired) electrons. The highest BCUT2D eigenvalue weighted by atomic mass is 35.5. The molecule has 0 fully saturated rings. The van der Waals surface area contributed by atoms with E-state index in [1.807, 2.05) is 24.3 Å². The average Bonchev–Trinajstić information content (AvgIpc) is 2.50. The molecule has 0 aromatic heterocycles. The highest BCUT2D eigenvalue weighted by molar-refractivity contribution is 6.33. The van der Waals surface area contributed by atoms with Crippen LogP contribution in [0.3, 0.4) is 0 Å². The van der Waals surface area contributed by atoms with Crippen LogP contribution in [0.15, 0.2) is 54.6 Å². The first-order chi connectivity index (χ1) is 9.81. The lowest BCUT2D eigenvalue weighted by atomic mass is 10.0. The molecule has 0 saturated carbocycles. The van der Waals surface area contributed by atoms with Gasteiger partial charge in [-0.1, -0.05) is 61.0 Å². The van der Waals surface area contributed by atoms with Gasteiger partial charge < -0.3 is 10.6 Å². The summed E-state index contributed by atoms with van der Waals surface area (Å²) in [5.41, 5.74) is 2.33. The average molecular weight is 289 g/mol. The minimum Gasteiger partial charge on any atom is -0.383 e. The zero-order valence-electron chi connectivity index (χ0n) is 11.8. The number of halogens is 1. The Bertz CT molecular complexity index is 513. The fourth-order valence-electron chi connectivity index (χ4n) is 2.23. The number of anilines is 1. The number of hydrogen-bond acceptors (Lipinski definition) is 2. The van der Waals surface area contributed by atoms with Gasteiger partial charge in [-0.2, -0.15) is 0 Å². The summed E-state index contributed by atoms with van der Waals surface area (Å²) in [6.07, 6.45) is 1.08. The van der Waals surface area contributed by atoms with Gasteiger partial charge in [-0.05, 0) is 24.1 Å². The first kappa shape index (κ1) is 14.9. The number of para-hydroxylation sites is 1. The van der Waals surface area contributed by atoms with Crippen molar-refractivity contribution in [3.05, 3.63) is 65.2 Å². The second-order valence-corrected chi connectivity index (χ2v) is 5.14. The molecule has 2 aromatic rings.